The lowest BCUT2D eigenvalue weighted by atomic mass is 10.1. The van der Waals surface area contributed by atoms with Gasteiger partial charge in [-0.05, 0) is 36.5 Å². The molecule has 1 unspecified atom stereocenters. The van der Waals surface area contributed by atoms with Crippen molar-refractivity contribution in [3.63, 3.8) is 0 Å². The van der Waals surface area contributed by atoms with Crippen molar-refractivity contribution >= 4 is 10.0 Å². The lowest BCUT2D eigenvalue weighted by Gasteiger charge is -2.18. The molecule has 0 bridgehead atoms. The van der Waals surface area contributed by atoms with Crippen LogP contribution < -0.4 is 5.73 Å². The molecule has 0 aromatic heterocycles. The summed E-state index contributed by atoms with van der Waals surface area (Å²) < 4.78 is 32.1. The number of nitrogens with zero attached hydrogens (tertiary/aromatic N) is 1. The molecule has 6 heteroatoms. The van der Waals surface area contributed by atoms with Crippen molar-refractivity contribution < 1.29 is 13.2 Å². The molecule has 0 radical (unpaired) electrons. The average molecular weight is 298 g/mol. The highest BCUT2D eigenvalue weighted by molar-refractivity contribution is 7.89. The van der Waals surface area contributed by atoms with Gasteiger partial charge in [0.05, 0.1) is 11.5 Å². The second kappa shape index (κ2) is 6.22. The van der Waals surface area contributed by atoms with Crippen LogP contribution in [-0.2, 0) is 21.3 Å². The molecule has 1 aliphatic heterocycles. The van der Waals surface area contributed by atoms with E-state index in [1.807, 2.05) is 19.1 Å². The molecule has 1 heterocycles. The van der Waals surface area contributed by atoms with Gasteiger partial charge in [0, 0.05) is 26.7 Å². The van der Waals surface area contributed by atoms with E-state index in [1.54, 1.807) is 17.5 Å². The van der Waals surface area contributed by atoms with E-state index >= 15 is 0 Å². The van der Waals surface area contributed by atoms with E-state index < -0.39 is 10.0 Å². The zero-order valence-electron chi connectivity index (χ0n) is 12.0. The highest BCUT2D eigenvalue weighted by Crippen LogP contribution is 2.27. The highest BCUT2D eigenvalue weighted by atomic mass is 32.2. The lowest BCUT2D eigenvalue weighted by Crippen LogP contribution is -2.30. The standard InChI is InChI=1S/C14H22N2O3S/c1-11-3-4-12(8-15)7-14(11)20(17,18)16-6-5-13(9-16)10-19-2/h3-4,7,13H,5-6,8-10,15H2,1-2H3. The summed E-state index contributed by atoms with van der Waals surface area (Å²) in [6.07, 6.45) is 0.850. The van der Waals surface area contributed by atoms with Gasteiger partial charge in [-0.25, -0.2) is 8.42 Å². The Labute approximate surface area is 120 Å². The van der Waals surface area contributed by atoms with Crippen LogP contribution >= 0.6 is 0 Å². The van der Waals surface area contributed by atoms with Gasteiger partial charge in [-0.3, -0.25) is 0 Å². The smallest absolute Gasteiger partial charge is 0.243 e. The number of methoxy groups -OCH3 is 1. The Morgan fingerprint density at radius 2 is 2.20 bits per heavy atom. The van der Waals surface area contributed by atoms with Gasteiger partial charge in [-0.2, -0.15) is 4.31 Å². The largest absolute Gasteiger partial charge is 0.384 e. The molecule has 1 atom stereocenters. The van der Waals surface area contributed by atoms with E-state index in [1.165, 1.54) is 0 Å². The molecule has 1 aromatic rings. The van der Waals surface area contributed by atoms with Crippen molar-refractivity contribution in [2.24, 2.45) is 11.7 Å². The third kappa shape index (κ3) is 3.03. The van der Waals surface area contributed by atoms with E-state index in [0.717, 1.165) is 17.5 Å². The third-order valence-electron chi connectivity index (χ3n) is 3.76. The minimum atomic E-state index is -3.43. The Kier molecular flexibility index (Phi) is 4.80. The molecule has 1 saturated heterocycles. The minimum absolute atomic E-state index is 0.285. The average Bonchev–Trinajstić information content (AvgIpc) is 2.89. The van der Waals surface area contributed by atoms with E-state index in [4.69, 9.17) is 10.5 Å². The number of rotatable bonds is 5. The fraction of sp³-hybridized carbons (Fsp3) is 0.571. The maximum Gasteiger partial charge on any atom is 0.243 e. The van der Waals surface area contributed by atoms with Crippen LogP contribution in [0.4, 0.5) is 0 Å². The molecule has 2 rings (SSSR count). The molecule has 0 aliphatic carbocycles. The van der Waals surface area contributed by atoms with Crippen LogP contribution in [-0.4, -0.2) is 39.5 Å². The fourth-order valence-corrected chi connectivity index (χ4v) is 4.38. The number of sulfonamides is 1. The Bertz CT molecular complexity index is 572. The Morgan fingerprint density at radius 1 is 1.45 bits per heavy atom. The second-order valence-corrected chi connectivity index (χ2v) is 7.18. The summed E-state index contributed by atoms with van der Waals surface area (Å²) >= 11 is 0. The van der Waals surface area contributed by atoms with Crippen LogP contribution in [0.5, 0.6) is 0 Å². The van der Waals surface area contributed by atoms with Gasteiger partial charge >= 0.3 is 0 Å². The first-order valence-electron chi connectivity index (χ1n) is 6.77. The molecule has 1 aromatic carbocycles. The first kappa shape index (κ1) is 15.4. The van der Waals surface area contributed by atoms with Gasteiger partial charge in [0.25, 0.3) is 0 Å². The quantitative estimate of drug-likeness (QED) is 0.884. The maximum atomic E-state index is 12.7. The van der Waals surface area contributed by atoms with Gasteiger partial charge in [-0.15, -0.1) is 0 Å². The molecule has 2 N–H and O–H groups in total. The summed E-state index contributed by atoms with van der Waals surface area (Å²) in [7, 11) is -1.79. The van der Waals surface area contributed by atoms with Gasteiger partial charge in [0.1, 0.15) is 0 Å². The van der Waals surface area contributed by atoms with Gasteiger partial charge in [0.2, 0.25) is 10.0 Å². The number of aryl methyl sites for hydroxylation is 1. The zero-order chi connectivity index (χ0) is 14.8. The van der Waals surface area contributed by atoms with E-state index in [2.05, 4.69) is 0 Å². The van der Waals surface area contributed by atoms with E-state index in [9.17, 15) is 8.42 Å². The van der Waals surface area contributed by atoms with Crippen LogP contribution in [0.3, 0.4) is 0 Å². The monoisotopic (exact) mass is 298 g/mol. The maximum absolute atomic E-state index is 12.7. The van der Waals surface area contributed by atoms with Gasteiger partial charge in [0.15, 0.2) is 0 Å². The summed E-state index contributed by atoms with van der Waals surface area (Å²) in [5.41, 5.74) is 7.20. The lowest BCUT2D eigenvalue weighted by molar-refractivity contribution is 0.157. The summed E-state index contributed by atoms with van der Waals surface area (Å²) in [4.78, 5) is 0.374. The first-order chi connectivity index (χ1) is 9.48. The van der Waals surface area contributed by atoms with Crippen molar-refractivity contribution in [2.45, 2.75) is 24.8 Å². The third-order valence-corrected chi connectivity index (χ3v) is 5.76. The number of hydrogen-bond donors (Lipinski definition) is 1. The molecule has 112 valence electrons. The summed E-state index contributed by atoms with van der Waals surface area (Å²) in [6, 6.07) is 5.37. The summed E-state index contributed by atoms with van der Waals surface area (Å²) in [6.45, 7) is 3.85. The van der Waals surface area contributed by atoms with Crippen molar-refractivity contribution in [3.8, 4) is 0 Å². The van der Waals surface area contributed by atoms with Gasteiger partial charge in [-0.1, -0.05) is 12.1 Å². The number of hydrogen-bond acceptors (Lipinski definition) is 4. The Morgan fingerprint density at radius 3 is 2.85 bits per heavy atom. The number of nitrogens with two attached hydrogens (primary N) is 1. The Balaban J connectivity index is 2.27. The van der Waals surface area contributed by atoms with Crippen LogP contribution in [0.25, 0.3) is 0 Å². The van der Waals surface area contributed by atoms with E-state index in [-0.39, 0.29) is 5.92 Å². The molecule has 1 aliphatic rings. The zero-order valence-corrected chi connectivity index (χ0v) is 12.8. The summed E-state index contributed by atoms with van der Waals surface area (Å²) in [5.74, 6) is 0.285. The normalized spacial score (nSPS) is 20.4. The van der Waals surface area contributed by atoms with Gasteiger partial charge < -0.3 is 10.5 Å². The van der Waals surface area contributed by atoms with Crippen LogP contribution in [0.2, 0.25) is 0 Å². The highest BCUT2D eigenvalue weighted by Gasteiger charge is 2.33. The molecule has 0 spiro atoms. The molecule has 5 nitrogen and oxygen atoms in total. The van der Waals surface area contributed by atoms with Crippen molar-refractivity contribution in [1.29, 1.82) is 0 Å². The van der Waals surface area contributed by atoms with E-state index in [0.29, 0.717) is 31.1 Å². The minimum Gasteiger partial charge on any atom is -0.384 e. The van der Waals surface area contributed by atoms with Crippen LogP contribution in [0.15, 0.2) is 23.1 Å². The molecular weight excluding hydrogens is 276 g/mol. The molecule has 20 heavy (non-hydrogen) atoms. The van der Waals surface area contributed by atoms with Crippen molar-refractivity contribution in [3.05, 3.63) is 29.3 Å². The fourth-order valence-electron chi connectivity index (χ4n) is 2.58. The summed E-state index contributed by atoms with van der Waals surface area (Å²) in [5, 5.41) is 0. The van der Waals surface area contributed by atoms with Crippen LogP contribution in [0.1, 0.15) is 17.5 Å². The second-order valence-electron chi connectivity index (χ2n) is 5.28. The molecule has 1 fully saturated rings. The molecule has 0 saturated carbocycles. The SMILES string of the molecule is COCC1CCN(S(=O)(=O)c2cc(CN)ccc2C)C1. The van der Waals surface area contributed by atoms with Crippen molar-refractivity contribution in [1.82, 2.24) is 4.31 Å². The predicted octanol–water partition coefficient (Wildman–Crippen LogP) is 1.11. The number of benzene rings is 1. The Hall–Kier alpha value is -0.950. The van der Waals surface area contributed by atoms with Crippen LogP contribution in [0, 0.1) is 12.8 Å². The molecular formula is C14H22N2O3S. The predicted molar refractivity (Wildman–Crippen MR) is 77.8 cm³/mol. The molecule has 0 amide bonds. The first-order valence-corrected chi connectivity index (χ1v) is 8.21. The number of ether oxygens (including phenoxy) is 1. The topological polar surface area (TPSA) is 72.6 Å². The van der Waals surface area contributed by atoms with Crippen molar-refractivity contribution in [2.75, 3.05) is 26.8 Å².